The van der Waals surface area contributed by atoms with Gasteiger partial charge in [-0.2, -0.15) is 4.98 Å². The Morgan fingerprint density at radius 2 is 2.16 bits per heavy atom. The Hall–Kier alpha value is -2.26. The lowest BCUT2D eigenvalue weighted by molar-refractivity contribution is -0.117. The molecule has 0 saturated carbocycles. The number of nitrogens with zero attached hydrogens (tertiary/aromatic N) is 4. The van der Waals surface area contributed by atoms with Gasteiger partial charge in [0.15, 0.2) is 12.1 Å². The van der Waals surface area contributed by atoms with Crippen molar-refractivity contribution in [3.8, 4) is 0 Å². The van der Waals surface area contributed by atoms with Crippen molar-refractivity contribution in [3.63, 3.8) is 0 Å². The number of carbonyl (C=O) groups is 1. The van der Waals surface area contributed by atoms with Crippen LogP contribution in [0.5, 0.6) is 0 Å². The maximum atomic E-state index is 12.0. The molecule has 2 aliphatic rings. The zero-order valence-electron chi connectivity index (χ0n) is 18.8. The first kappa shape index (κ1) is 23.4. The van der Waals surface area contributed by atoms with Gasteiger partial charge in [0, 0.05) is 44.3 Å². The minimum atomic E-state index is -0.219. The molecule has 1 fully saturated rings. The van der Waals surface area contributed by atoms with Gasteiger partial charge >= 0.3 is 6.01 Å². The number of aliphatic hydroxyl groups is 1. The van der Waals surface area contributed by atoms with E-state index in [0.717, 1.165) is 44.6 Å². The monoisotopic (exact) mass is 433 g/mol. The summed E-state index contributed by atoms with van der Waals surface area (Å²) >= 11 is 0. The van der Waals surface area contributed by atoms with Gasteiger partial charge in [0.25, 0.3) is 5.91 Å². The van der Waals surface area contributed by atoms with Crippen LogP contribution in [0.15, 0.2) is 21.2 Å². The number of nitrogens with one attached hydrogen (secondary N) is 1. The lowest BCUT2D eigenvalue weighted by atomic mass is 9.92. The molecule has 0 radical (unpaired) electrons. The van der Waals surface area contributed by atoms with Gasteiger partial charge in [0.05, 0.1) is 12.2 Å². The minimum absolute atomic E-state index is 0.0734. The van der Waals surface area contributed by atoms with Gasteiger partial charge < -0.3 is 24.6 Å². The van der Waals surface area contributed by atoms with Crippen LogP contribution in [0.3, 0.4) is 0 Å². The predicted molar refractivity (Wildman–Crippen MR) is 118 cm³/mol. The molecule has 0 aromatic carbocycles. The number of hydrogen-bond acceptors (Lipinski definition) is 8. The Labute approximate surface area is 183 Å². The number of aliphatic hydroxyl groups excluding tert-OH is 1. The second-order valence-corrected chi connectivity index (χ2v) is 8.54. The Balaban J connectivity index is 1.32. The molecule has 1 aromatic heterocycles. The normalized spacial score (nSPS) is 20.0. The third-order valence-electron chi connectivity index (χ3n) is 5.79. The highest BCUT2D eigenvalue weighted by Crippen LogP contribution is 2.26. The number of amides is 1. The van der Waals surface area contributed by atoms with E-state index in [1.165, 1.54) is 0 Å². The molecule has 1 saturated heterocycles. The van der Waals surface area contributed by atoms with Crippen molar-refractivity contribution in [3.05, 3.63) is 17.5 Å². The summed E-state index contributed by atoms with van der Waals surface area (Å²) in [6.07, 6.45) is 6.63. The molecule has 3 heterocycles. The first-order chi connectivity index (χ1) is 15.0. The van der Waals surface area contributed by atoms with Gasteiger partial charge in [-0.1, -0.05) is 25.1 Å². The largest absolute Gasteiger partial charge is 0.395 e. The Kier molecular flexibility index (Phi) is 8.60. The topological polar surface area (TPSA) is 113 Å². The summed E-state index contributed by atoms with van der Waals surface area (Å²) in [6, 6.07) is 0.647. The van der Waals surface area contributed by atoms with Gasteiger partial charge in [-0.15, -0.1) is 0 Å². The molecule has 1 amide bonds. The molecule has 1 unspecified atom stereocenters. The maximum Gasteiger partial charge on any atom is 0.324 e. The number of piperidine rings is 1. The van der Waals surface area contributed by atoms with Crippen molar-refractivity contribution < 1.29 is 19.2 Å². The van der Waals surface area contributed by atoms with E-state index < -0.39 is 0 Å². The number of hydrogen-bond donors (Lipinski definition) is 2. The summed E-state index contributed by atoms with van der Waals surface area (Å²) < 4.78 is 11.3. The zero-order chi connectivity index (χ0) is 22.2. The number of carbonyl (C=O) groups excluding carboxylic acids is 1. The van der Waals surface area contributed by atoms with Crippen LogP contribution >= 0.6 is 0 Å². The van der Waals surface area contributed by atoms with Crippen LogP contribution in [-0.2, 0) is 9.53 Å². The van der Waals surface area contributed by atoms with Gasteiger partial charge in [0.1, 0.15) is 0 Å². The molecule has 31 heavy (non-hydrogen) atoms. The van der Waals surface area contributed by atoms with Crippen LogP contribution in [0, 0.1) is 5.92 Å². The summed E-state index contributed by atoms with van der Waals surface area (Å²) in [5.74, 6) is 1.53. The highest BCUT2D eigenvalue weighted by atomic mass is 16.5. The number of dihydropyridines is 1. The average molecular weight is 434 g/mol. The second-order valence-electron chi connectivity index (χ2n) is 8.54. The third-order valence-corrected chi connectivity index (χ3v) is 5.79. The fraction of sp³-hybridized carbons (Fsp3) is 0.727. The van der Waals surface area contributed by atoms with Gasteiger partial charge in [-0.05, 0) is 38.5 Å². The minimum Gasteiger partial charge on any atom is -0.395 e. The fourth-order valence-corrected chi connectivity index (χ4v) is 3.93. The van der Waals surface area contributed by atoms with E-state index in [1.807, 2.05) is 13.0 Å². The predicted octanol–water partition coefficient (Wildman–Crippen LogP) is 2.43. The van der Waals surface area contributed by atoms with Gasteiger partial charge in [-0.25, -0.2) is 0 Å². The van der Waals surface area contributed by atoms with Gasteiger partial charge in [-0.3, -0.25) is 9.79 Å². The van der Waals surface area contributed by atoms with E-state index >= 15 is 0 Å². The highest BCUT2D eigenvalue weighted by molar-refractivity contribution is 6.21. The number of anilines is 1. The van der Waals surface area contributed by atoms with Crippen molar-refractivity contribution in [2.24, 2.45) is 10.9 Å². The van der Waals surface area contributed by atoms with Crippen molar-refractivity contribution in [2.45, 2.75) is 65.0 Å². The molecule has 9 heteroatoms. The molecule has 9 nitrogen and oxygen atoms in total. The van der Waals surface area contributed by atoms with E-state index in [1.54, 1.807) is 0 Å². The first-order valence-corrected chi connectivity index (χ1v) is 11.3. The average Bonchev–Trinajstić information content (AvgIpc) is 3.26. The number of rotatable bonds is 10. The molecule has 0 bridgehead atoms. The number of aliphatic imine (C=N–C) groups is 1. The molecule has 1 atom stereocenters. The standard InChI is InChI=1S/C22H35N5O4/c1-15(2)20-25-22(31-26-20)27-11-8-17(9-12-27)5-4-14-30-19-7-6-18(16(3)24-19)21(29)23-10-13-28/h6,15,17,19,28H,4-5,7-14H2,1-3H3,(H,23,29). The third kappa shape index (κ3) is 6.61. The summed E-state index contributed by atoms with van der Waals surface area (Å²) in [7, 11) is 0. The first-order valence-electron chi connectivity index (χ1n) is 11.3. The fourth-order valence-electron chi connectivity index (χ4n) is 3.93. The molecule has 1 aromatic rings. The van der Waals surface area contributed by atoms with Crippen LogP contribution in [0.2, 0.25) is 0 Å². The quantitative estimate of drug-likeness (QED) is 0.545. The number of ether oxygens (including phenoxy) is 1. The van der Waals surface area contributed by atoms with E-state index in [4.69, 9.17) is 14.4 Å². The van der Waals surface area contributed by atoms with Crippen LogP contribution in [0.1, 0.15) is 64.6 Å². The van der Waals surface area contributed by atoms with E-state index in [0.29, 0.717) is 36.2 Å². The van der Waals surface area contributed by atoms with Crippen molar-refractivity contribution in [1.82, 2.24) is 15.5 Å². The molecule has 172 valence electrons. The lowest BCUT2D eigenvalue weighted by Crippen LogP contribution is -2.34. The summed E-state index contributed by atoms with van der Waals surface area (Å²) in [6.45, 7) is 8.69. The van der Waals surface area contributed by atoms with Crippen LogP contribution in [-0.4, -0.2) is 65.9 Å². The smallest absolute Gasteiger partial charge is 0.324 e. The summed E-state index contributed by atoms with van der Waals surface area (Å²) in [5, 5.41) is 15.5. The van der Waals surface area contributed by atoms with Crippen molar-refractivity contribution in [2.75, 3.05) is 37.7 Å². The second kappa shape index (κ2) is 11.4. The Morgan fingerprint density at radius 1 is 1.39 bits per heavy atom. The highest BCUT2D eigenvalue weighted by Gasteiger charge is 2.24. The Morgan fingerprint density at radius 3 is 2.81 bits per heavy atom. The van der Waals surface area contributed by atoms with Crippen molar-refractivity contribution >= 4 is 17.6 Å². The van der Waals surface area contributed by atoms with Crippen LogP contribution in [0.25, 0.3) is 0 Å². The van der Waals surface area contributed by atoms with E-state index in [9.17, 15) is 4.79 Å². The molecule has 0 aliphatic carbocycles. The molecule has 3 rings (SSSR count). The van der Waals surface area contributed by atoms with Crippen LogP contribution in [0.4, 0.5) is 6.01 Å². The summed E-state index contributed by atoms with van der Waals surface area (Å²) in [4.78, 5) is 23.2. The zero-order valence-corrected chi connectivity index (χ0v) is 18.8. The van der Waals surface area contributed by atoms with Gasteiger partial charge in [0.2, 0.25) is 0 Å². The molecule has 2 N–H and O–H groups in total. The van der Waals surface area contributed by atoms with Crippen molar-refractivity contribution in [1.29, 1.82) is 0 Å². The SMILES string of the molecule is CC1=NC(OCCCC2CCN(c3nc(C(C)C)no3)CC2)CC=C1C(=O)NCCO. The van der Waals surface area contributed by atoms with Crippen LogP contribution < -0.4 is 10.2 Å². The summed E-state index contributed by atoms with van der Waals surface area (Å²) in [5.41, 5.74) is 1.25. The molecular weight excluding hydrogens is 398 g/mol. The van der Waals surface area contributed by atoms with E-state index in [2.05, 4.69) is 39.2 Å². The Bertz CT molecular complexity index is 781. The van der Waals surface area contributed by atoms with E-state index in [-0.39, 0.29) is 31.2 Å². The molecule has 0 spiro atoms. The molecular formula is C22H35N5O4. The number of aromatic nitrogens is 2. The lowest BCUT2D eigenvalue weighted by Gasteiger charge is -2.30. The maximum absolute atomic E-state index is 12.0. The molecule has 2 aliphatic heterocycles.